The standard InChI is InChI=1S/C20H19F3N8OS/c1-12-10-29(8-9-30(12)15(32)11-31-24-6-7-25-31)18-16(28-19(33-18)20(21,22)23)17-26-13-4-2-3-5-14(13)27-17/h2-7,12H,8-11H2,1H3,(H,26,27). The molecule has 1 fully saturated rings. The van der Waals surface area contributed by atoms with Gasteiger partial charge >= 0.3 is 6.18 Å². The monoisotopic (exact) mass is 476 g/mol. The van der Waals surface area contributed by atoms with Gasteiger partial charge in [0.25, 0.3) is 0 Å². The average molecular weight is 476 g/mol. The molecule has 0 spiro atoms. The number of H-pyrrole nitrogens is 1. The highest BCUT2D eigenvalue weighted by Crippen LogP contribution is 2.42. The molecule has 1 amide bonds. The van der Waals surface area contributed by atoms with E-state index in [0.29, 0.717) is 41.5 Å². The van der Waals surface area contributed by atoms with Gasteiger partial charge in [-0.15, -0.1) is 0 Å². The third-order valence-corrected chi connectivity index (χ3v) is 6.60. The Morgan fingerprint density at radius 1 is 1.18 bits per heavy atom. The smallest absolute Gasteiger partial charge is 0.358 e. The number of carbonyl (C=O) groups excluding carboxylic acids is 1. The van der Waals surface area contributed by atoms with Crippen LogP contribution in [0.4, 0.5) is 18.2 Å². The molecule has 33 heavy (non-hydrogen) atoms. The third-order valence-electron chi connectivity index (χ3n) is 5.44. The first-order chi connectivity index (χ1) is 15.8. The lowest BCUT2D eigenvalue weighted by Gasteiger charge is -2.40. The number of imidazole rings is 1. The predicted octanol–water partition coefficient (Wildman–Crippen LogP) is 3.03. The Morgan fingerprint density at radius 3 is 2.64 bits per heavy atom. The number of alkyl halides is 3. The van der Waals surface area contributed by atoms with Gasteiger partial charge in [-0.25, -0.2) is 9.97 Å². The molecule has 1 aromatic carbocycles. The average Bonchev–Trinajstić information content (AvgIpc) is 3.51. The molecule has 0 bridgehead atoms. The zero-order chi connectivity index (χ0) is 23.2. The molecule has 1 atom stereocenters. The number of piperazine rings is 1. The summed E-state index contributed by atoms with van der Waals surface area (Å²) < 4.78 is 40.6. The van der Waals surface area contributed by atoms with E-state index in [4.69, 9.17) is 0 Å². The van der Waals surface area contributed by atoms with Crippen molar-refractivity contribution >= 4 is 33.3 Å². The fraction of sp³-hybridized carbons (Fsp3) is 0.350. The molecule has 0 saturated carbocycles. The Hall–Kier alpha value is -3.48. The number of rotatable bonds is 4. The first-order valence-corrected chi connectivity index (χ1v) is 11.0. The molecule has 1 saturated heterocycles. The topological polar surface area (TPSA) is 95.8 Å². The number of amides is 1. The van der Waals surface area contributed by atoms with E-state index in [-0.39, 0.29) is 30.0 Å². The summed E-state index contributed by atoms with van der Waals surface area (Å²) in [4.78, 5) is 29.0. The number of carbonyl (C=O) groups is 1. The van der Waals surface area contributed by atoms with E-state index in [9.17, 15) is 18.0 Å². The number of aromatic nitrogens is 6. The van der Waals surface area contributed by atoms with Crippen molar-refractivity contribution in [2.45, 2.75) is 25.7 Å². The Balaban J connectivity index is 1.43. The van der Waals surface area contributed by atoms with Gasteiger partial charge in [-0.2, -0.15) is 28.2 Å². The molecule has 13 heteroatoms. The number of benzene rings is 1. The highest BCUT2D eigenvalue weighted by atomic mass is 32.1. The van der Waals surface area contributed by atoms with Crippen LogP contribution >= 0.6 is 11.3 Å². The quantitative estimate of drug-likeness (QED) is 0.487. The molecule has 4 heterocycles. The molecule has 172 valence electrons. The number of fused-ring (bicyclic) bond motifs is 1. The minimum absolute atomic E-state index is 0.0142. The van der Waals surface area contributed by atoms with E-state index in [2.05, 4.69) is 25.1 Å². The van der Waals surface area contributed by atoms with E-state index in [0.717, 1.165) is 5.52 Å². The number of para-hydroxylation sites is 2. The van der Waals surface area contributed by atoms with Crippen LogP contribution in [0.1, 0.15) is 11.9 Å². The highest BCUT2D eigenvalue weighted by Gasteiger charge is 2.39. The number of nitrogens with zero attached hydrogens (tertiary/aromatic N) is 7. The van der Waals surface area contributed by atoms with Crippen LogP contribution in [0.2, 0.25) is 0 Å². The molecular weight excluding hydrogens is 457 g/mol. The summed E-state index contributed by atoms with van der Waals surface area (Å²) in [5.41, 5.74) is 1.53. The highest BCUT2D eigenvalue weighted by molar-refractivity contribution is 7.16. The van der Waals surface area contributed by atoms with Gasteiger partial charge in [-0.3, -0.25) is 4.79 Å². The van der Waals surface area contributed by atoms with E-state index in [1.165, 1.54) is 17.2 Å². The van der Waals surface area contributed by atoms with Gasteiger partial charge in [-0.1, -0.05) is 23.5 Å². The van der Waals surface area contributed by atoms with Crippen molar-refractivity contribution in [2.75, 3.05) is 24.5 Å². The van der Waals surface area contributed by atoms with Crippen LogP contribution in [0.5, 0.6) is 0 Å². The van der Waals surface area contributed by atoms with Gasteiger partial charge in [0.15, 0.2) is 5.82 Å². The molecule has 3 aromatic heterocycles. The maximum atomic E-state index is 13.5. The summed E-state index contributed by atoms with van der Waals surface area (Å²) in [7, 11) is 0. The maximum Gasteiger partial charge on any atom is 0.443 e. The van der Waals surface area contributed by atoms with Crippen LogP contribution in [-0.4, -0.2) is 66.4 Å². The Kier molecular flexibility index (Phi) is 5.27. The number of thiazole rings is 1. The van der Waals surface area contributed by atoms with E-state index in [1.54, 1.807) is 11.0 Å². The molecule has 1 aliphatic rings. The SMILES string of the molecule is CC1CN(c2sc(C(F)(F)F)nc2-c2nc3ccccc3[nH]2)CCN1C(=O)Cn1nccn1. The molecule has 4 aromatic rings. The van der Waals surface area contributed by atoms with Crippen LogP contribution in [0.3, 0.4) is 0 Å². The van der Waals surface area contributed by atoms with Gasteiger partial charge in [0, 0.05) is 25.7 Å². The predicted molar refractivity (Wildman–Crippen MR) is 116 cm³/mol. The lowest BCUT2D eigenvalue weighted by molar-refractivity contribution is -0.137. The fourth-order valence-electron chi connectivity index (χ4n) is 3.92. The van der Waals surface area contributed by atoms with E-state index >= 15 is 0 Å². The normalized spacial score (nSPS) is 17.2. The minimum atomic E-state index is -4.57. The second-order valence-electron chi connectivity index (χ2n) is 7.71. The zero-order valence-corrected chi connectivity index (χ0v) is 18.3. The summed E-state index contributed by atoms with van der Waals surface area (Å²) >= 11 is 0.595. The van der Waals surface area contributed by atoms with Gasteiger partial charge in [0.05, 0.1) is 23.4 Å². The van der Waals surface area contributed by atoms with Crippen molar-refractivity contribution in [1.29, 1.82) is 0 Å². The molecule has 0 aliphatic carbocycles. The Bertz CT molecular complexity index is 1250. The maximum absolute atomic E-state index is 13.5. The second kappa shape index (κ2) is 8.14. The number of anilines is 1. The van der Waals surface area contributed by atoms with Gasteiger partial charge in [0.2, 0.25) is 10.9 Å². The molecule has 1 N–H and O–H groups in total. The van der Waals surface area contributed by atoms with E-state index in [1.807, 2.05) is 30.0 Å². The summed E-state index contributed by atoms with van der Waals surface area (Å²) in [6.07, 6.45) is -1.57. The number of aromatic amines is 1. The number of halogens is 3. The zero-order valence-electron chi connectivity index (χ0n) is 17.5. The molecule has 5 rings (SSSR count). The van der Waals surface area contributed by atoms with Crippen LogP contribution in [-0.2, 0) is 17.5 Å². The van der Waals surface area contributed by atoms with Crippen molar-refractivity contribution in [1.82, 2.24) is 34.8 Å². The Labute approximate surface area is 189 Å². The van der Waals surface area contributed by atoms with Gasteiger partial charge in [0.1, 0.15) is 17.2 Å². The largest absolute Gasteiger partial charge is 0.443 e. The summed E-state index contributed by atoms with van der Waals surface area (Å²) in [6.45, 7) is 2.98. The number of nitrogens with one attached hydrogen (secondary N) is 1. The minimum Gasteiger partial charge on any atom is -0.358 e. The molecular formula is C20H19F3N8OS. The number of hydrogen-bond acceptors (Lipinski definition) is 7. The first kappa shape index (κ1) is 21.4. The molecule has 1 unspecified atom stereocenters. The van der Waals surface area contributed by atoms with Crippen molar-refractivity contribution in [2.24, 2.45) is 0 Å². The van der Waals surface area contributed by atoms with Crippen molar-refractivity contribution < 1.29 is 18.0 Å². The van der Waals surface area contributed by atoms with Gasteiger partial charge < -0.3 is 14.8 Å². The summed E-state index contributed by atoms with van der Waals surface area (Å²) in [5, 5.41) is 7.36. The lowest BCUT2D eigenvalue weighted by Crippen LogP contribution is -2.54. The summed E-state index contributed by atoms with van der Waals surface area (Å²) in [6, 6.07) is 7.01. The van der Waals surface area contributed by atoms with Crippen LogP contribution in [0.25, 0.3) is 22.6 Å². The van der Waals surface area contributed by atoms with E-state index < -0.39 is 11.2 Å². The third kappa shape index (κ3) is 4.15. The summed E-state index contributed by atoms with van der Waals surface area (Å²) in [5.74, 6) is 0.144. The molecule has 1 aliphatic heterocycles. The van der Waals surface area contributed by atoms with Crippen LogP contribution in [0.15, 0.2) is 36.7 Å². The van der Waals surface area contributed by atoms with Crippen LogP contribution < -0.4 is 4.90 Å². The Morgan fingerprint density at radius 2 is 1.94 bits per heavy atom. The lowest BCUT2D eigenvalue weighted by atomic mass is 10.2. The van der Waals surface area contributed by atoms with Crippen LogP contribution in [0, 0.1) is 0 Å². The molecule has 0 radical (unpaired) electrons. The molecule has 9 nitrogen and oxygen atoms in total. The van der Waals surface area contributed by atoms with Crippen molar-refractivity contribution in [3.63, 3.8) is 0 Å². The fourth-order valence-corrected chi connectivity index (χ4v) is 4.89. The van der Waals surface area contributed by atoms with Crippen molar-refractivity contribution in [3.8, 4) is 11.5 Å². The second-order valence-corrected chi connectivity index (χ2v) is 8.69. The van der Waals surface area contributed by atoms with Crippen molar-refractivity contribution in [3.05, 3.63) is 41.7 Å². The van der Waals surface area contributed by atoms with Gasteiger partial charge in [-0.05, 0) is 19.1 Å². The number of hydrogen-bond donors (Lipinski definition) is 1. The first-order valence-electron chi connectivity index (χ1n) is 10.2.